The number of para-hydroxylation sites is 1. The normalized spacial score (nSPS) is 14.4. The highest BCUT2D eigenvalue weighted by atomic mass is 16.5. The number of aromatic nitrogens is 2. The van der Waals surface area contributed by atoms with E-state index in [1.54, 1.807) is 6.07 Å². The molecule has 0 unspecified atom stereocenters. The van der Waals surface area contributed by atoms with Crippen molar-refractivity contribution >= 4 is 0 Å². The Bertz CT molecular complexity index is 2630. The van der Waals surface area contributed by atoms with E-state index < -0.39 is 0 Å². The average molecular weight is 747 g/mol. The highest BCUT2D eigenvalue weighted by Gasteiger charge is 2.42. The number of rotatable bonds is 6. The van der Waals surface area contributed by atoms with Gasteiger partial charge in [-0.05, 0) is 128 Å². The molecule has 4 nitrogen and oxygen atoms in total. The van der Waals surface area contributed by atoms with Crippen LogP contribution in [0.2, 0.25) is 0 Å². The fraction of sp³-hybridized carbons (Fsp3) is 0.245. The minimum Gasteiger partial charge on any atom is -0.507 e. The van der Waals surface area contributed by atoms with Crippen LogP contribution in [0.3, 0.4) is 0 Å². The van der Waals surface area contributed by atoms with Crippen molar-refractivity contribution in [1.82, 2.24) is 9.97 Å². The van der Waals surface area contributed by atoms with E-state index >= 15 is 0 Å². The van der Waals surface area contributed by atoms with Crippen LogP contribution in [0.15, 0.2) is 140 Å². The Kier molecular flexibility index (Phi) is 8.92. The minimum absolute atomic E-state index is 0.00953. The van der Waals surface area contributed by atoms with Gasteiger partial charge in [0.05, 0.1) is 11.4 Å². The Balaban J connectivity index is 1.03. The van der Waals surface area contributed by atoms with E-state index in [1.807, 2.05) is 48.5 Å². The fourth-order valence-corrected chi connectivity index (χ4v) is 9.06. The van der Waals surface area contributed by atoms with E-state index in [2.05, 4.69) is 126 Å². The first-order chi connectivity index (χ1) is 27.3. The van der Waals surface area contributed by atoms with Crippen LogP contribution in [0.25, 0.3) is 44.8 Å². The quantitative estimate of drug-likeness (QED) is 0.184. The smallest absolute Gasteiger partial charge is 0.222 e. The average Bonchev–Trinajstić information content (AvgIpc) is 3.74. The Hall–Kier alpha value is -6.00. The summed E-state index contributed by atoms with van der Waals surface area (Å²) in [5.74, 6) is 1.02. The van der Waals surface area contributed by atoms with Crippen LogP contribution in [0.5, 0.6) is 17.5 Å². The van der Waals surface area contributed by atoms with Gasteiger partial charge >= 0.3 is 0 Å². The zero-order valence-electron chi connectivity index (χ0n) is 33.9. The molecule has 2 aliphatic carbocycles. The Morgan fingerprint density at radius 2 is 1.12 bits per heavy atom. The molecule has 2 heterocycles. The summed E-state index contributed by atoms with van der Waals surface area (Å²) in [6.45, 7) is 13.5. The van der Waals surface area contributed by atoms with Crippen LogP contribution in [-0.4, -0.2) is 15.1 Å². The molecule has 5 aromatic carbocycles. The van der Waals surface area contributed by atoms with Gasteiger partial charge in [0.15, 0.2) is 0 Å². The lowest BCUT2D eigenvalue weighted by Crippen LogP contribution is -2.21. The summed E-state index contributed by atoms with van der Waals surface area (Å²) in [4.78, 5) is 9.94. The summed E-state index contributed by atoms with van der Waals surface area (Å²) in [7, 11) is 0. The van der Waals surface area contributed by atoms with Gasteiger partial charge in [0, 0.05) is 23.3 Å². The molecule has 0 radical (unpaired) electrons. The van der Waals surface area contributed by atoms with Gasteiger partial charge in [-0.1, -0.05) is 139 Å². The maximum atomic E-state index is 10.9. The maximum absolute atomic E-state index is 10.9. The van der Waals surface area contributed by atoms with E-state index in [0.717, 1.165) is 35.2 Å². The highest BCUT2D eigenvalue weighted by molar-refractivity contribution is 5.77. The highest BCUT2D eigenvalue weighted by Crippen LogP contribution is 2.48. The molecule has 1 spiro atoms. The van der Waals surface area contributed by atoms with Crippen LogP contribution in [0.1, 0.15) is 74.9 Å². The lowest BCUT2D eigenvalue weighted by molar-refractivity contribution is 0.326. The second kappa shape index (κ2) is 13.9. The fourth-order valence-electron chi connectivity index (χ4n) is 9.06. The van der Waals surface area contributed by atoms with Crippen molar-refractivity contribution in [1.29, 1.82) is 0 Å². The van der Waals surface area contributed by atoms with Gasteiger partial charge in [-0.25, -0.2) is 9.97 Å². The van der Waals surface area contributed by atoms with Crippen molar-refractivity contribution in [2.75, 3.05) is 0 Å². The summed E-state index contributed by atoms with van der Waals surface area (Å²) in [6, 6.07) is 48.7. The topological polar surface area (TPSA) is 55.2 Å². The Labute approximate surface area is 337 Å². The van der Waals surface area contributed by atoms with Crippen LogP contribution in [-0.2, 0) is 36.5 Å². The molecule has 0 bridgehead atoms. The summed E-state index contributed by atoms with van der Waals surface area (Å²) in [5, 5.41) is 10.9. The molecular weight excluding hydrogens is 697 g/mol. The third kappa shape index (κ3) is 7.26. The first kappa shape index (κ1) is 36.6. The molecular formula is C53H50N2O2. The number of nitrogens with zero attached hydrogens (tertiary/aromatic N) is 2. The number of benzene rings is 5. The lowest BCUT2D eigenvalue weighted by Gasteiger charge is -2.28. The first-order valence-corrected chi connectivity index (χ1v) is 20.2. The zero-order valence-corrected chi connectivity index (χ0v) is 33.9. The first-order valence-electron chi connectivity index (χ1n) is 20.2. The molecule has 0 amide bonds. The minimum atomic E-state index is -0.120. The molecule has 0 aliphatic heterocycles. The molecule has 284 valence electrons. The van der Waals surface area contributed by atoms with E-state index in [0.29, 0.717) is 28.4 Å². The van der Waals surface area contributed by atoms with Gasteiger partial charge in [-0.3, -0.25) is 0 Å². The van der Waals surface area contributed by atoms with Crippen LogP contribution in [0, 0.1) is 5.41 Å². The largest absolute Gasteiger partial charge is 0.507 e. The second-order valence-corrected chi connectivity index (χ2v) is 18.4. The SMILES string of the molecule is CC(C)(C)c1ccc(-c2cc(Oc3cccc(-c4cccc(-c5ccc6c(c5)CC5(Cc7ccccc7C5)C6)c4)n3)nc(-c3ccccc3O)c2)c(C(C)(C)C)c1. The van der Waals surface area contributed by atoms with E-state index in [-0.39, 0.29) is 16.6 Å². The standard InChI is InChI=1S/C53H50N2O2/c1-51(2,3)42-23-24-43(45(29-42)52(4,5)6)40-27-47(44-17-9-10-19-48(44)56)55-50(28-40)57-49-20-12-18-46(54-49)36-16-11-15-34(25-36)35-21-22-39-32-53(33-41(39)26-35)30-37-13-7-8-14-38(37)31-53/h7-29,56H,30-33H2,1-6H3. The van der Waals surface area contributed by atoms with Crippen molar-refractivity contribution in [3.63, 3.8) is 0 Å². The van der Waals surface area contributed by atoms with Gasteiger partial charge in [0.25, 0.3) is 0 Å². The third-order valence-electron chi connectivity index (χ3n) is 12.0. The molecule has 4 heteroatoms. The Morgan fingerprint density at radius 3 is 1.86 bits per heavy atom. The molecule has 1 N–H and O–H groups in total. The van der Waals surface area contributed by atoms with Gasteiger partial charge in [-0.15, -0.1) is 0 Å². The van der Waals surface area contributed by atoms with Crippen molar-refractivity contribution < 1.29 is 9.84 Å². The van der Waals surface area contributed by atoms with Crippen LogP contribution >= 0.6 is 0 Å². The molecule has 2 aliphatic rings. The van der Waals surface area contributed by atoms with E-state index in [1.165, 1.54) is 57.3 Å². The maximum Gasteiger partial charge on any atom is 0.222 e. The molecule has 57 heavy (non-hydrogen) atoms. The molecule has 0 atom stereocenters. The van der Waals surface area contributed by atoms with Crippen molar-refractivity contribution in [2.24, 2.45) is 5.41 Å². The number of hydrogen-bond donors (Lipinski definition) is 1. The van der Waals surface area contributed by atoms with Crippen LogP contribution in [0.4, 0.5) is 0 Å². The number of fused-ring (bicyclic) bond motifs is 2. The molecule has 0 fully saturated rings. The monoisotopic (exact) mass is 746 g/mol. The van der Waals surface area contributed by atoms with Crippen molar-refractivity contribution in [2.45, 2.75) is 78.1 Å². The van der Waals surface area contributed by atoms with Crippen molar-refractivity contribution in [3.05, 3.63) is 173 Å². The molecule has 2 aromatic heterocycles. The summed E-state index contributed by atoms with van der Waals surface area (Å²) in [6.07, 6.45) is 4.63. The zero-order chi connectivity index (χ0) is 39.5. The van der Waals surface area contributed by atoms with Gasteiger partial charge in [0.2, 0.25) is 11.8 Å². The van der Waals surface area contributed by atoms with E-state index in [9.17, 15) is 5.11 Å². The van der Waals surface area contributed by atoms with E-state index in [4.69, 9.17) is 14.7 Å². The number of hydrogen-bond acceptors (Lipinski definition) is 4. The third-order valence-corrected chi connectivity index (χ3v) is 12.0. The van der Waals surface area contributed by atoms with Gasteiger partial charge in [-0.2, -0.15) is 0 Å². The predicted octanol–water partition coefficient (Wildman–Crippen LogP) is 13.1. The van der Waals surface area contributed by atoms with Gasteiger partial charge in [0.1, 0.15) is 5.75 Å². The number of aromatic hydroxyl groups is 1. The molecule has 9 rings (SSSR count). The number of phenols is 1. The van der Waals surface area contributed by atoms with Gasteiger partial charge < -0.3 is 9.84 Å². The predicted molar refractivity (Wildman–Crippen MR) is 233 cm³/mol. The second-order valence-electron chi connectivity index (χ2n) is 18.4. The molecule has 0 saturated carbocycles. The van der Waals surface area contributed by atoms with Crippen LogP contribution < -0.4 is 4.74 Å². The Morgan fingerprint density at radius 1 is 0.474 bits per heavy atom. The summed E-state index contributed by atoms with van der Waals surface area (Å²) in [5.41, 5.74) is 16.3. The number of ether oxygens (including phenoxy) is 1. The lowest BCUT2D eigenvalue weighted by atomic mass is 9.77. The summed E-state index contributed by atoms with van der Waals surface area (Å²) < 4.78 is 6.54. The molecule has 0 saturated heterocycles. The number of pyridine rings is 2. The summed E-state index contributed by atoms with van der Waals surface area (Å²) >= 11 is 0. The number of phenolic OH excluding ortho intramolecular Hbond substituents is 1. The van der Waals surface area contributed by atoms with Crippen molar-refractivity contribution in [3.8, 4) is 62.3 Å². The molecule has 7 aromatic rings.